The molecule has 0 saturated heterocycles. The zero-order valence-electron chi connectivity index (χ0n) is 14.1. The molecule has 2 aromatic carbocycles. The monoisotopic (exact) mass is 356 g/mol. The van der Waals surface area contributed by atoms with Crippen molar-refractivity contribution in [3.63, 3.8) is 0 Å². The first-order valence-electron chi connectivity index (χ1n) is 8.57. The summed E-state index contributed by atoms with van der Waals surface area (Å²) >= 11 is 0. The van der Waals surface area contributed by atoms with Crippen LogP contribution in [0.1, 0.15) is 25.3 Å². The van der Waals surface area contributed by atoms with E-state index in [2.05, 4.69) is 0 Å². The van der Waals surface area contributed by atoms with Crippen molar-refractivity contribution >= 4 is 27.4 Å². The molecule has 0 unspecified atom stereocenters. The zero-order valence-corrected chi connectivity index (χ0v) is 14.9. The summed E-state index contributed by atoms with van der Waals surface area (Å²) in [6, 6.07) is 13.5. The third-order valence-electron chi connectivity index (χ3n) is 4.77. The van der Waals surface area contributed by atoms with Crippen molar-refractivity contribution in [1.29, 1.82) is 0 Å². The molecule has 0 bridgehead atoms. The highest BCUT2D eigenvalue weighted by Crippen LogP contribution is 2.40. The Morgan fingerprint density at radius 2 is 1.84 bits per heavy atom. The summed E-state index contributed by atoms with van der Waals surface area (Å²) in [6.45, 7) is 2.57. The molecule has 0 N–H and O–H groups in total. The summed E-state index contributed by atoms with van der Waals surface area (Å²) in [5.41, 5.74) is 1.88. The standard InChI is InChI=1S/C19H20N2O3S/c1-2-14-6-5-7-16(12-14)21-19(22)20(13-15-10-11-15)17-8-3-4-9-18(17)25(21,23)24/h3-9,12,15H,2,10-11,13H2,1H3. The molecule has 1 heterocycles. The minimum atomic E-state index is -3.92. The molecule has 2 aromatic rings. The number of rotatable bonds is 4. The van der Waals surface area contributed by atoms with E-state index in [1.165, 1.54) is 0 Å². The second-order valence-electron chi connectivity index (χ2n) is 6.60. The summed E-state index contributed by atoms with van der Waals surface area (Å²) in [4.78, 5) is 14.9. The van der Waals surface area contributed by atoms with Crippen LogP contribution in [0, 0.1) is 5.92 Å². The Morgan fingerprint density at radius 3 is 2.56 bits per heavy atom. The topological polar surface area (TPSA) is 57.7 Å². The molecule has 1 saturated carbocycles. The van der Waals surface area contributed by atoms with Crippen LogP contribution in [0.4, 0.5) is 16.2 Å². The van der Waals surface area contributed by atoms with Gasteiger partial charge >= 0.3 is 6.03 Å². The van der Waals surface area contributed by atoms with Gasteiger partial charge < -0.3 is 0 Å². The molecule has 1 fully saturated rings. The van der Waals surface area contributed by atoms with Crippen molar-refractivity contribution in [2.24, 2.45) is 5.92 Å². The fourth-order valence-corrected chi connectivity index (χ4v) is 4.78. The minimum Gasteiger partial charge on any atom is -0.292 e. The minimum absolute atomic E-state index is 0.192. The van der Waals surface area contributed by atoms with Crippen LogP contribution in [-0.4, -0.2) is 21.0 Å². The number of anilines is 2. The molecule has 0 radical (unpaired) electrons. The molecule has 1 aliphatic heterocycles. The van der Waals surface area contributed by atoms with Crippen LogP contribution in [0.2, 0.25) is 0 Å². The Bertz CT molecular complexity index is 935. The SMILES string of the molecule is CCc1cccc(N2C(=O)N(CC3CC3)c3ccccc3S2(=O)=O)c1. The maximum absolute atomic E-state index is 13.1. The first-order valence-corrected chi connectivity index (χ1v) is 10.0. The lowest BCUT2D eigenvalue weighted by molar-refractivity contribution is 0.253. The molecule has 1 aliphatic carbocycles. The van der Waals surface area contributed by atoms with Crippen molar-refractivity contribution < 1.29 is 13.2 Å². The van der Waals surface area contributed by atoms with E-state index in [0.717, 1.165) is 29.1 Å². The predicted octanol–water partition coefficient (Wildman–Crippen LogP) is 3.79. The highest BCUT2D eigenvalue weighted by Gasteiger charge is 2.43. The number of carbonyl (C=O) groups is 1. The summed E-state index contributed by atoms with van der Waals surface area (Å²) < 4.78 is 27.2. The van der Waals surface area contributed by atoms with Crippen molar-refractivity contribution in [2.75, 3.05) is 15.7 Å². The number of urea groups is 1. The van der Waals surface area contributed by atoms with Gasteiger partial charge in [0.1, 0.15) is 4.90 Å². The van der Waals surface area contributed by atoms with Crippen LogP contribution in [0.5, 0.6) is 0 Å². The Labute approximate surface area is 147 Å². The van der Waals surface area contributed by atoms with Crippen molar-refractivity contribution in [3.05, 3.63) is 54.1 Å². The van der Waals surface area contributed by atoms with E-state index in [4.69, 9.17) is 0 Å². The molecule has 130 valence electrons. The second kappa shape index (κ2) is 5.88. The van der Waals surface area contributed by atoms with Crippen LogP contribution in [0.25, 0.3) is 0 Å². The number of para-hydroxylation sites is 1. The maximum Gasteiger partial charge on any atom is 0.343 e. The van der Waals surface area contributed by atoms with Crippen LogP contribution in [0.15, 0.2) is 53.4 Å². The summed E-state index contributed by atoms with van der Waals surface area (Å²) in [7, 11) is -3.92. The Morgan fingerprint density at radius 1 is 1.08 bits per heavy atom. The molecule has 0 atom stereocenters. The maximum atomic E-state index is 13.1. The lowest BCUT2D eigenvalue weighted by Gasteiger charge is -2.36. The van der Waals surface area contributed by atoms with E-state index in [1.807, 2.05) is 13.0 Å². The predicted molar refractivity (Wildman–Crippen MR) is 97.4 cm³/mol. The van der Waals surface area contributed by atoms with Gasteiger partial charge in [-0.1, -0.05) is 31.2 Å². The van der Waals surface area contributed by atoms with Crippen molar-refractivity contribution in [3.8, 4) is 0 Å². The van der Waals surface area contributed by atoms with Gasteiger partial charge in [-0.05, 0) is 55.0 Å². The molecular weight excluding hydrogens is 336 g/mol. The van der Waals surface area contributed by atoms with Gasteiger partial charge in [0.25, 0.3) is 10.0 Å². The van der Waals surface area contributed by atoms with Gasteiger partial charge in [0.15, 0.2) is 0 Å². The van der Waals surface area contributed by atoms with E-state index >= 15 is 0 Å². The van der Waals surface area contributed by atoms with Gasteiger partial charge in [-0.2, -0.15) is 4.31 Å². The second-order valence-corrected chi connectivity index (χ2v) is 8.35. The first kappa shape index (κ1) is 16.1. The summed E-state index contributed by atoms with van der Waals surface area (Å²) in [5.74, 6) is 0.460. The lowest BCUT2D eigenvalue weighted by Crippen LogP contribution is -2.51. The molecular formula is C19H20N2O3S. The fourth-order valence-electron chi connectivity index (χ4n) is 3.20. The molecule has 0 aromatic heterocycles. The van der Waals surface area contributed by atoms with Gasteiger partial charge in [0, 0.05) is 6.54 Å². The van der Waals surface area contributed by atoms with E-state index in [-0.39, 0.29) is 4.90 Å². The van der Waals surface area contributed by atoms with Gasteiger partial charge in [0.05, 0.1) is 11.4 Å². The number of sulfonamides is 1. The summed E-state index contributed by atoms with van der Waals surface area (Å²) in [6.07, 6.45) is 2.95. The highest BCUT2D eigenvalue weighted by atomic mass is 32.2. The zero-order chi connectivity index (χ0) is 17.6. The number of carbonyl (C=O) groups excluding carboxylic acids is 1. The third-order valence-corrected chi connectivity index (χ3v) is 6.52. The number of benzene rings is 2. The van der Waals surface area contributed by atoms with E-state index < -0.39 is 16.1 Å². The number of fused-ring (bicyclic) bond motifs is 1. The molecule has 25 heavy (non-hydrogen) atoms. The largest absolute Gasteiger partial charge is 0.343 e. The fraction of sp³-hybridized carbons (Fsp3) is 0.316. The van der Waals surface area contributed by atoms with E-state index in [9.17, 15) is 13.2 Å². The number of aryl methyl sites for hydroxylation is 1. The quantitative estimate of drug-likeness (QED) is 0.837. The third kappa shape index (κ3) is 2.70. The van der Waals surface area contributed by atoms with Gasteiger partial charge in [-0.15, -0.1) is 0 Å². The van der Waals surface area contributed by atoms with Gasteiger partial charge in [-0.3, -0.25) is 4.90 Å². The first-order chi connectivity index (χ1) is 12.0. The van der Waals surface area contributed by atoms with Crippen LogP contribution >= 0.6 is 0 Å². The normalized spacial score (nSPS) is 19.0. The van der Waals surface area contributed by atoms with Crippen molar-refractivity contribution in [2.45, 2.75) is 31.1 Å². The van der Waals surface area contributed by atoms with Crippen LogP contribution in [-0.2, 0) is 16.4 Å². The smallest absolute Gasteiger partial charge is 0.292 e. The lowest BCUT2D eigenvalue weighted by atomic mass is 10.1. The Balaban J connectivity index is 1.87. The van der Waals surface area contributed by atoms with Crippen LogP contribution < -0.4 is 9.21 Å². The molecule has 2 aliphatic rings. The summed E-state index contributed by atoms with van der Waals surface area (Å²) in [5, 5.41) is 0. The number of hydrogen-bond donors (Lipinski definition) is 0. The molecule has 0 spiro atoms. The van der Waals surface area contributed by atoms with E-state index in [0.29, 0.717) is 23.8 Å². The molecule has 6 heteroatoms. The number of nitrogens with zero attached hydrogens (tertiary/aromatic N) is 2. The number of hydrogen-bond acceptors (Lipinski definition) is 3. The molecule has 4 rings (SSSR count). The Hall–Kier alpha value is -2.34. The molecule has 5 nitrogen and oxygen atoms in total. The average molecular weight is 356 g/mol. The molecule has 2 amide bonds. The van der Waals surface area contributed by atoms with E-state index in [1.54, 1.807) is 47.4 Å². The average Bonchev–Trinajstić information content (AvgIpc) is 3.43. The number of amides is 2. The Kier molecular flexibility index (Phi) is 3.80. The van der Waals surface area contributed by atoms with Gasteiger partial charge in [-0.25, -0.2) is 13.2 Å². The van der Waals surface area contributed by atoms with Gasteiger partial charge in [0.2, 0.25) is 0 Å². The highest BCUT2D eigenvalue weighted by molar-refractivity contribution is 7.94. The van der Waals surface area contributed by atoms with Crippen LogP contribution in [0.3, 0.4) is 0 Å². The van der Waals surface area contributed by atoms with Crippen molar-refractivity contribution in [1.82, 2.24) is 0 Å².